The van der Waals surface area contributed by atoms with Crippen molar-refractivity contribution in [2.45, 2.75) is 19.9 Å². The number of amides is 1. The van der Waals surface area contributed by atoms with Crippen molar-refractivity contribution in [1.29, 1.82) is 0 Å². The van der Waals surface area contributed by atoms with Crippen molar-refractivity contribution in [1.82, 2.24) is 15.2 Å². The Bertz CT molecular complexity index is 817. The van der Waals surface area contributed by atoms with E-state index in [0.717, 1.165) is 17.7 Å². The lowest BCUT2D eigenvalue weighted by molar-refractivity contribution is 0.102. The van der Waals surface area contributed by atoms with Gasteiger partial charge in [0.2, 0.25) is 0 Å². The molecule has 0 fully saturated rings. The second kappa shape index (κ2) is 8.01. The molecule has 126 valence electrons. The first-order valence-electron chi connectivity index (χ1n) is 8.11. The summed E-state index contributed by atoms with van der Waals surface area (Å²) in [6.07, 6.45) is 4.44. The SMILES string of the molecule is CCc1ccc(NC(=O)c2ccc(NCc3ccncc3)nn2)cc1. The maximum Gasteiger partial charge on any atom is 0.276 e. The van der Waals surface area contributed by atoms with E-state index >= 15 is 0 Å². The fourth-order valence-electron chi connectivity index (χ4n) is 2.26. The molecule has 1 amide bonds. The average molecular weight is 333 g/mol. The summed E-state index contributed by atoms with van der Waals surface area (Å²) >= 11 is 0. The van der Waals surface area contributed by atoms with E-state index in [2.05, 4.69) is 32.7 Å². The van der Waals surface area contributed by atoms with Crippen LogP contribution in [0.15, 0.2) is 60.9 Å². The number of nitrogens with zero attached hydrogens (tertiary/aromatic N) is 3. The van der Waals surface area contributed by atoms with Crippen molar-refractivity contribution >= 4 is 17.4 Å². The first-order chi connectivity index (χ1) is 12.2. The first kappa shape index (κ1) is 16.6. The number of nitrogens with one attached hydrogen (secondary N) is 2. The summed E-state index contributed by atoms with van der Waals surface area (Å²) in [4.78, 5) is 16.2. The Labute approximate surface area is 146 Å². The van der Waals surface area contributed by atoms with Gasteiger partial charge in [0.05, 0.1) is 0 Å². The lowest BCUT2D eigenvalue weighted by atomic mass is 10.1. The van der Waals surface area contributed by atoms with Crippen LogP contribution in [0.1, 0.15) is 28.5 Å². The molecule has 0 aliphatic carbocycles. The van der Waals surface area contributed by atoms with Crippen LogP contribution in [-0.2, 0) is 13.0 Å². The quantitative estimate of drug-likeness (QED) is 0.723. The number of pyridine rings is 1. The van der Waals surface area contributed by atoms with Crippen LogP contribution in [0.5, 0.6) is 0 Å². The highest BCUT2D eigenvalue weighted by Crippen LogP contribution is 2.12. The molecule has 2 N–H and O–H groups in total. The Balaban J connectivity index is 1.58. The summed E-state index contributed by atoms with van der Waals surface area (Å²) in [5.74, 6) is 0.332. The number of anilines is 2. The van der Waals surface area contributed by atoms with Gasteiger partial charge >= 0.3 is 0 Å². The van der Waals surface area contributed by atoms with Crippen molar-refractivity contribution in [3.05, 3.63) is 77.7 Å². The van der Waals surface area contributed by atoms with Gasteiger partial charge in [-0.15, -0.1) is 10.2 Å². The second-order valence-electron chi connectivity index (χ2n) is 5.52. The summed E-state index contributed by atoms with van der Waals surface area (Å²) in [6, 6.07) is 15.0. The van der Waals surface area contributed by atoms with Crippen LogP contribution in [0.3, 0.4) is 0 Å². The number of rotatable bonds is 6. The highest BCUT2D eigenvalue weighted by atomic mass is 16.1. The molecule has 25 heavy (non-hydrogen) atoms. The Morgan fingerprint density at radius 3 is 2.32 bits per heavy atom. The van der Waals surface area contributed by atoms with E-state index in [4.69, 9.17) is 0 Å². The van der Waals surface area contributed by atoms with Crippen molar-refractivity contribution < 1.29 is 4.79 Å². The standard InChI is InChI=1S/C19H19N5O/c1-2-14-3-5-16(6-4-14)22-19(25)17-7-8-18(24-23-17)21-13-15-9-11-20-12-10-15/h3-12H,2,13H2,1H3,(H,21,24)(H,22,25). The summed E-state index contributed by atoms with van der Waals surface area (Å²) in [5.41, 5.74) is 3.33. The van der Waals surface area contributed by atoms with Crippen molar-refractivity contribution in [2.75, 3.05) is 10.6 Å². The molecule has 0 unspecified atom stereocenters. The Hall–Kier alpha value is -3.28. The van der Waals surface area contributed by atoms with Crippen molar-refractivity contribution in [3.8, 4) is 0 Å². The molecule has 3 aromatic rings. The fourth-order valence-corrected chi connectivity index (χ4v) is 2.26. The van der Waals surface area contributed by atoms with E-state index in [1.54, 1.807) is 24.5 Å². The number of hydrogen-bond acceptors (Lipinski definition) is 5. The predicted octanol–water partition coefficient (Wildman–Crippen LogP) is 3.30. The zero-order valence-corrected chi connectivity index (χ0v) is 13.9. The van der Waals surface area contributed by atoms with Crippen LogP contribution >= 0.6 is 0 Å². The molecule has 2 aromatic heterocycles. The lowest BCUT2D eigenvalue weighted by Gasteiger charge is -2.07. The molecule has 0 aliphatic rings. The fraction of sp³-hybridized carbons (Fsp3) is 0.158. The van der Waals surface area contributed by atoms with E-state index in [1.807, 2.05) is 36.4 Å². The molecule has 1 aromatic carbocycles. The summed E-state index contributed by atoms with van der Waals surface area (Å²) in [6.45, 7) is 2.71. The van der Waals surface area contributed by atoms with Gasteiger partial charge in [-0.3, -0.25) is 9.78 Å². The molecule has 3 rings (SSSR count). The van der Waals surface area contributed by atoms with Gasteiger partial charge in [-0.05, 0) is 53.9 Å². The molecule has 0 aliphatic heterocycles. The smallest absolute Gasteiger partial charge is 0.276 e. The summed E-state index contributed by atoms with van der Waals surface area (Å²) < 4.78 is 0. The number of aryl methyl sites for hydroxylation is 1. The third kappa shape index (κ3) is 4.60. The minimum atomic E-state index is -0.280. The third-order valence-electron chi connectivity index (χ3n) is 3.74. The van der Waals surface area contributed by atoms with Gasteiger partial charge < -0.3 is 10.6 Å². The number of hydrogen-bond donors (Lipinski definition) is 2. The molecule has 0 radical (unpaired) electrons. The van der Waals surface area contributed by atoms with Crippen LogP contribution in [0.25, 0.3) is 0 Å². The van der Waals surface area contributed by atoms with Crippen molar-refractivity contribution in [3.63, 3.8) is 0 Å². The van der Waals surface area contributed by atoms with Gasteiger partial charge in [0.25, 0.3) is 5.91 Å². The van der Waals surface area contributed by atoms with E-state index in [9.17, 15) is 4.79 Å². The molecule has 6 heteroatoms. The molecule has 0 spiro atoms. The second-order valence-corrected chi connectivity index (χ2v) is 5.52. The highest BCUT2D eigenvalue weighted by Gasteiger charge is 2.08. The van der Waals surface area contributed by atoms with Gasteiger partial charge in [0.15, 0.2) is 5.69 Å². The zero-order valence-electron chi connectivity index (χ0n) is 13.9. The lowest BCUT2D eigenvalue weighted by Crippen LogP contribution is -2.15. The maximum absolute atomic E-state index is 12.2. The normalized spacial score (nSPS) is 10.3. The summed E-state index contributed by atoms with van der Waals surface area (Å²) in [5, 5.41) is 14.0. The number of carbonyl (C=O) groups is 1. The minimum absolute atomic E-state index is 0.272. The molecule has 0 saturated carbocycles. The largest absolute Gasteiger partial charge is 0.365 e. The summed E-state index contributed by atoms with van der Waals surface area (Å²) in [7, 11) is 0. The van der Waals surface area contributed by atoms with Gasteiger partial charge in [-0.25, -0.2) is 0 Å². The van der Waals surface area contributed by atoms with Crippen LogP contribution in [-0.4, -0.2) is 21.1 Å². The molecular formula is C19H19N5O. The molecular weight excluding hydrogens is 314 g/mol. The average Bonchev–Trinajstić information content (AvgIpc) is 2.68. The number of carbonyl (C=O) groups excluding carboxylic acids is 1. The van der Waals surface area contributed by atoms with Crippen LogP contribution in [0.2, 0.25) is 0 Å². The van der Waals surface area contributed by atoms with Crippen LogP contribution in [0.4, 0.5) is 11.5 Å². The molecule has 0 bridgehead atoms. The van der Waals surface area contributed by atoms with E-state index in [-0.39, 0.29) is 11.6 Å². The molecule has 2 heterocycles. The van der Waals surface area contributed by atoms with E-state index in [0.29, 0.717) is 12.4 Å². The third-order valence-corrected chi connectivity index (χ3v) is 3.74. The van der Waals surface area contributed by atoms with Gasteiger partial charge in [-0.2, -0.15) is 0 Å². The Morgan fingerprint density at radius 1 is 0.920 bits per heavy atom. The molecule has 6 nitrogen and oxygen atoms in total. The predicted molar refractivity (Wildman–Crippen MR) is 97.4 cm³/mol. The van der Waals surface area contributed by atoms with Crippen LogP contribution in [0, 0.1) is 0 Å². The van der Waals surface area contributed by atoms with E-state index in [1.165, 1.54) is 5.56 Å². The number of aromatic nitrogens is 3. The topological polar surface area (TPSA) is 79.8 Å². The maximum atomic E-state index is 12.2. The van der Waals surface area contributed by atoms with Crippen LogP contribution < -0.4 is 10.6 Å². The number of benzene rings is 1. The minimum Gasteiger partial charge on any atom is -0.365 e. The Kier molecular flexibility index (Phi) is 5.31. The first-order valence-corrected chi connectivity index (χ1v) is 8.11. The Morgan fingerprint density at radius 2 is 1.68 bits per heavy atom. The molecule has 0 saturated heterocycles. The van der Waals surface area contributed by atoms with Crippen molar-refractivity contribution in [2.24, 2.45) is 0 Å². The monoisotopic (exact) mass is 333 g/mol. The van der Waals surface area contributed by atoms with Gasteiger partial charge in [0, 0.05) is 24.6 Å². The highest BCUT2D eigenvalue weighted by molar-refractivity contribution is 6.02. The molecule has 0 atom stereocenters. The van der Waals surface area contributed by atoms with E-state index < -0.39 is 0 Å². The van der Waals surface area contributed by atoms with Gasteiger partial charge in [-0.1, -0.05) is 19.1 Å². The zero-order chi connectivity index (χ0) is 17.5. The van der Waals surface area contributed by atoms with Gasteiger partial charge in [0.1, 0.15) is 5.82 Å².